The number of amides is 1. The highest BCUT2D eigenvalue weighted by Crippen LogP contribution is 2.32. The van der Waals surface area contributed by atoms with Crippen LogP contribution in [0.2, 0.25) is 0 Å². The minimum absolute atomic E-state index is 0.104. The summed E-state index contributed by atoms with van der Waals surface area (Å²) in [6.45, 7) is 3.34. The smallest absolute Gasteiger partial charge is 0.475 e. The molecule has 7 nitrogen and oxygen atoms in total. The van der Waals surface area contributed by atoms with Crippen molar-refractivity contribution in [2.75, 3.05) is 26.2 Å². The first-order chi connectivity index (χ1) is 12.6. The van der Waals surface area contributed by atoms with Crippen LogP contribution in [-0.2, 0) is 11.3 Å². The zero-order valence-electron chi connectivity index (χ0n) is 14.5. The van der Waals surface area contributed by atoms with E-state index in [9.17, 15) is 23.1 Å². The second kappa shape index (κ2) is 8.55. The van der Waals surface area contributed by atoms with E-state index in [-0.39, 0.29) is 5.91 Å². The number of thiophene rings is 1. The first-order valence-electron chi connectivity index (χ1n) is 8.38. The molecule has 0 aliphatic carbocycles. The van der Waals surface area contributed by atoms with E-state index in [1.807, 2.05) is 17.0 Å². The van der Waals surface area contributed by atoms with Gasteiger partial charge in [-0.15, -0.1) is 11.3 Å². The Kier molecular flexibility index (Phi) is 6.84. The molecule has 0 bridgehead atoms. The number of hydrogen-bond acceptors (Lipinski definition) is 6. The average molecular weight is 409 g/mol. The molecule has 11 heteroatoms. The molecule has 0 unspecified atom stereocenters. The molecule has 0 saturated carbocycles. The minimum atomic E-state index is -5.08. The van der Waals surface area contributed by atoms with Crippen LogP contribution < -0.4 is 11.1 Å². The molecule has 27 heavy (non-hydrogen) atoms. The summed E-state index contributed by atoms with van der Waals surface area (Å²) < 4.78 is 31.7. The van der Waals surface area contributed by atoms with Gasteiger partial charge in [0.05, 0.1) is 10.5 Å². The summed E-state index contributed by atoms with van der Waals surface area (Å²) >= 11 is 1.48. The number of carbonyl (C=O) groups is 2. The molecule has 0 spiro atoms. The van der Waals surface area contributed by atoms with E-state index in [0.717, 1.165) is 35.7 Å². The van der Waals surface area contributed by atoms with E-state index in [0.29, 0.717) is 25.6 Å². The van der Waals surface area contributed by atoms with Gasteiger partial charge < -0.3 is 26.2 Å². The van der Waals surface area contributed by atoms with Crippen molar-refractivity contribution in [3.63, 3.8) is 0 Å². The number of carboxylic acid groups (broad SMARTS) is 1. The Morgan fingerprint density at radius 2 is 1.85 bits per heavy atom. The van der Waals surface area contributed by atoms with E-state index in [4.69, 9.17) is 15.6 Å². The molecule has 1 amide bonds. The molecule has 1 aromatic heterocycles. The number of carbonyl (C=O) groups excluding carboxylic acids is 1. The van der Waals surface area contributed by atoms with Crippen LogP contribution in [0.5, 0.6) is 0 Å². The molecule has 3 heterocycles. The third-order valence-electron chi connectivity index (χ3n) is 4.72. The molecule has 2 aliphatic rings. The molecule has 2 fully saturated rings. The summed E-state index contributed by atoms with van der Waals surface area (Å²) in [5, 5.41) is 20.6. The number of aliphatic carboxylic acids is 1. The van der Waals surface area contributed by atoms with Crippen molar-refractivity contribution < 1.29 is 33.0 Å². The molecule has 0 atom stereocenters. The zero-order chi connectivity index (χ0) is 20.2. The highest BCUT2D eigenvalue weighted by Gasteiger charge is 2.43. The number of piperidine rings is 1. The largest absolute Gasteiger partial charge is 0.490 e. The molecule has 5 N–H and O–H groups in total. The Bertz CT molecular complexity index is 668. The van der Waals surface area contributed by atoms with Crippen molar-refractivity contribution in [2.24, 2.45) is 11.7 Å². The number of nitrogens with zero attached hydrogens (tertiary/aromatic N) is 1. The number of nitrogens with one attached hydrogen (secondary N) is 1. The number of carboxylic acids is 1. The SMILES string of the molecule is NCc1ccc(C(=O)N2CCC(C3(O)CNC3)CC2)s1.O=C(O)C(F)(F)F. The fourth-order valence-electron chi connectivity index (χ4n) is 3.05. The summed E-state index contributed by atoms with van der Waals surface area (Å²) in [6, 6.07) is 3.79. The first kappa shape index (κ1) is 21.6. The molecular formula is C16H22F3N3O4S. The van der Waals surface area contributed by atoms with Crippen molar-refractivity contribution in [3.05, 3.63) is 21.9 Å². The average Bonchev–Trinajstić information content (AvgIpc) is 3.08. The number of alkyl halides is 3. The lowest BCUT2D eigenvalue weighted by atomic mass is 9.77. The molecule has 0 aromatic carbocycles. The summed E-state index contributed by atoms with van der Waals surface area (Å²) in [6.07, 6.45) is -3.31. The molecule has 1 aromatic rings. The Labute approximate surface area is 158 Å². The maximum atomic E-state index is 12.4. The monoisotopic (exact) mass is 409 g/mol. The number of hydrogen-bond donors (Lipinski definition) is 4. The second-order valence-corrected chi connectivity index (χ2v) is 7.71. The van der Waals surface area contributed by atoms with Crippen LogP contribution in [0, 0.1) is 5.92 Å². The quantitative estimate of drug-likeness (QED) is 0.593. The summed E-state index contributed by atoms with van der Waals surface area (Å²) in [5.74, 6) is -2.34. The number of β-amino-alcohol motifs (C(OH)–C–C–N with tert-alkyl or cyclic N) is 1. The van der Waals surface area contributed by atoms with Gasteiger partial charge in [-0.05, 0) is 30.9 Å². The Balaban J connectivity index is 0.000000321. The number of halogens is 3. The second-order valence-electron chi connectivity index (χ2n) is 6.55. The number of rotatable bonds is 3. The molecule has 2 aliphatic heterocycles. The first-order valence-corrected chi connectivity index (χ1v) is 9.20. The van der Waals surface area contributed by atoms with E-state index < -0.39 is 17.7 Å². The lowest BCUT2D eigenvalue weighted by molar-refractivity contribution is -0.192. The van der Waals surface area contributed by atoms with Gasteiger partial charge in [0, 0.05) is 37.6 Å². The fraction of sp³-hybridized carbons (Fsp3) is 0.625. The van der Waals surface area contributed by atoms with E-state index in [2.05, 4.69) is 5.32 Å². The van der Waals surface area contributed by atoms with Gasteiger partial charge in [0.1, 0.15) is 0 Å². The van der Waals surface area contributed by atoms with Gasteiger partial charge in [-0.3, -0.25) is 4.79 Å². The molecule has 0 radical (unpaired) electrons. The van der Waals surface area contributed by atoms with Gasteiger partial charge in [-0.25, -0.2) is 4.79 Å². The van der Waals surface area contributed by atoms with E-state index in [1.165, 1.54) is 11.3 Å². The van der Waals surface area contributed by atoms with Gasteiger partial charge in [0.25, 0.3) is 5.91 Å². The number of nitrogens with two attached hydrogens (primary N) is 1. The van der Waals surface area contributed by atoms with Gasteiger partial charge in [0.2, 0.25) is 0 Å². The van der Waals surface area contributed by atoms with Crippen LogP contribution in [-0.4, -0.2) is 64.9 Å². The van der Waals surface area contributed by atoms with Gasteiger partial charge >= 0.3 is 12.1 Å². The summed E-state index contributed by atoms with van der Waals surface area (Å²) in [7, 11) is 0. The molecule has 152 valence electrons. The molecule has 3 rings (SSSR count). The Morgan fingerprint density at radius 1 is 1.30 bits per heavy atom. The van der Waals surface area contributed by atoms with E-state index >= 15 is 0 Å². The van der Waals surface area contributed by atoms with Crippen molar-refractivity contribution in [1.82, 2.24) is 10.2 Å². The van der Waals surface area contributed by atoms with Crippen molar-refractivity contribution in [1.29, 1.82) is 0 Å². The zero-order valence-corrected chi connectivity index (χ0v) is 15.3. The predicted octanol–water partition coefficient (Wildman–Crippen LogP) is 1.03. The van der Waals surface area contributed by atoms with Crippen LogP contribution >= 0.6 is 11.3 Å². The third kappa shape index (κ3) is 5.41. The maximum absolute atomic E-state index is 12.4. The van der Waals surface area contributed by atoms with Gasteiger partial charge in [-0.2, -0.15) is 13.2 Å². The number of likely N-dealkylation sites (tertiary alicyclic amines) is 1. The van der Waals surface area contributed by atoms with Crippen LogP contribution in [0.25, 0.3) is 0 Å². The van der Waals surface area contributed by atoms with Crippen molar-refractivity contribution in [2.45, 2.75) is 31.2 Å². The highest BCUT2D eigenvalue weighted by molar-refractivity contribution is 7.14. The Hall–Kier alpha value is -1.69. The lowest BCUT2D eigenvalue weighted by Crippen LogP contribution is -2.65. The normalized spacial score (nSPS) is 19.7. The van der Waals surface area contributed by atoms with Crippen LogP contribution in [0.1, 0.15) is 27.4 Å². The predicted molar refractivity (Wildman–Crippen MR) is 92.3 cm³/mol. The lowest BCUT2D eigenvalue weighted by Gasteiger charge is -2.47. The Morgan fingerprint density at radius 3 is 2.22 bits per heavy atom. The highest BCUT2D eigenvalue weighted by atomic mass is 32.1. The molecule has 2 saturated heterocycles. The fourth-order valence-corrected chi connectivity index (χ4v) is 3.90. The third-order valence-corrected chi connectivity index (χ3v) is 5.82. The summed E-state index contributed by atoms with van der Waals surface area (Å²) in [5.41, 5.74) is 5.04. The standard InChI is InChI=1S/C14H21N3O2S.C2HF3O2/c15-7-11-1-2-12(20-11)13(18)17-5-3-10(4-6-17)14(19)8-16-9-14;3-2(4,5)1(6)7/h1-2,10,16,19H,3-9,15H2;(H,6,7). The molecular weight excluding hydrogens is 387 g/mol. The van der Waals surface area contributed by atoms with Crippen molar-refractivity contribution in [3.8, 4) is 0 Å². The van der Waals surface area contributed by atoms with Crippen LogP contribution in [0.3, 0.4) is 0 Å². The van der Waals surface area contributed by atoms with Gasteiger partial charge in [-0.1, -0.05) is 0 Å². The minimum Gasteiger partial charge on any atom is -0.475 e. The van der Waals surface area contributed by atoms with E-state index in [1.54, 1.807) is 0 Å². The van der Waals surface area contributed by atoms with Crippen LogP contribution in [0.15, 0.2) is 12.1 Å². The van der Waals surface area contributed by atoms with Crippen LogP contribution in [0.4, 0.5) is 13.2 Å². The van der Waals surface area contributed by atoms with Gasteiger partial charge in [0.15, 0.2) is 0 Å². The van der Waals surface area contributed by atoms with Crippen molar-refractivity contribution >= 4 is 23.2 Å². The topological polar surface area (TPSA) is 116 Å². The maximum Gasteiger partial charge on any atom is 0.490 e. The number of aliphatic hydroxyl groups is 1. The summed E-state index contributed by atoms with van der Waals surface area (Å²) in [4.78, 5) is 25.0.